The first-order valence-corrected chi connectivity index (χ1v) is 9.48. The molecule has 1 atom stereocenters. The van der Waals surface area contributed by atoms with Gasteiger partial charge in [0.25, 0.3) is 0 Å². The van der Waals surface area contributed by atoms with Crippen LogP contribution in [0.25, 0.3) is 0 Å². The molecule has 4 nitrogen and oxygen atoms in total. The lowest BCUT2D eigenvalue weighted by Crippen LogP contribution is -2.45. The van der Waals surface area contributed by atoms with Gasteiger partial charge >= 0.3 is 6.61 Å². The molecule has 6 heteroatoms. The van der Waals surface area contributed by atoms with Crippen LogP contribution in [0.15, 0.2) is 48.5 Å². The van der Waals surface area contributed by atoms with Crippen LogP contribution in [0.3, 0.4) is 0 Å². The number of nitrogens with zero attached hydrogens (tertiary/aromatic N) is 1. The van der Waals surface area contributed by atoms with Crippen molar-refractivity contribution >= 4 is 5.69 Å². The van der Waals surface area contributed by atoms with Crippen LogP contribution in [-0.2, 0) is 0 Å². The van der Waals surface area contributed by atoms with Gasteiger partial charge in [-0.15, -0.1) is 0 Å². The van der Waals surface area contributed by atoms with E-state index in [4.69, 9.17) is 4.74 Å². The van der Waals surface area contributed by atoms with E-state index in [0.29, 0.717) is 5.75 Å². The van der Waals surface area contributed by atoms with Gasteiger partial charge in [0.2, 0.25) is 0 Å². The molecular weight excluding hydrogens is 350 g/mol. The SMILES string of the molecule is FC(F)Oc1ccc(N2CCNC(c3ccccc3)C2)cc1OC1CCC1. The van der Waals surface area contributed by atoms with Gasteiger partial charge in [-0.25, -0.2) is 0 Å². The van der Waals surface area contributed by atoms with Gasteiger partial charge in [0.15, 0.2) is 11.5 Å². The molecule has 2 aromatic rings. The molecule has 2 fully saturated rings. The number of rotatable bonds is 6. The second kappa shape index (κ2) is 8.13. The number of halogens is 2. The van der Waals surface area contributed by atoms with E-state index in [1.807, 2.05) is 30.3 Å². The lowest BCUT2D eigenvalue weighted by molar-refractivity contribution is -0.0526. The van der Waals surface area contributed by atoms with Gasteiger partial charge in [-0.2, -0.15) is 8.78 Å². The summed E-state index contributed by atoms with van der Waals surface area (Å²) in [6.07, 6.45) is 3.14. The Morgan fingerprint density at radius 2 is 1.85 bits per heavy atom. The minimum absolute atomic E-state index is 0.0976. The highest BCUT2D eigenvalue weighted by Gasteiger charge is 2.25. The zero-order valence-electron chi connectivity index (χ0n) is 15.1. The smallest absolute Gasteiger partial charge is 0.387 e. The zero-order valence-corrected chi connectivity index (χ0v) is 15.1. The van der Waals surface area contributed by atoms with Gasteiger partial charge in [-0.1, -0.05) is 30.3 Å². The first kappa shape index (κ1) is 18.0. The third-order valence-corrected chi connectivity index (χ3v) is 5.23. The van der Waals surface area contributed by atoms with Crippen molar-refractivity contribution in [2.24, 2.45) is 0 Å². The predicted octanol–water partition coefficient (Wildman–Crippen LogP) is 4.37. The zero-order chi connectivity index (χ0) is 18.6. The second-order valence-electron chi connectivity index (χ2n) is 7.04. The molecule has 4 rings (SSSR count). The minimum Gasteiger partial charge on any atom is -0.486 e. The van der Waals surface area contributed by atoms with Gasteiger partial charge < -0.3 is 19.7 Å². The molecule has 1 aliphatic heterocycles. The highest BCUT2D eigenvalue weighted by molar-refractivity contribution is 5.57. The molecule has 0 bridgehead atoms. The van der Waals surface area contributed by atoms with E-state index in [2.05, 4.69) is 27.1 Å². The highest BCUT2D eigenvalue weighted by atomic mass is 19.3. The number of ether oxygens (including phenoxy) is 2. The highest BCUT2D eigenvalue weighted by Crippen LogP contribution is 2.37. The van der Waals surface area contributed by atoms with Crippen LogP contribution in [-0.4, -0.2) is 32.3 Å². The number of anilines is 1. The Morgan fingerprint density at radius 1 is 1.04 bits per heavy atom. The number of piperazine rings is 1. The maximum atomic E-state index is 12.7. The normalized spacial score (nSPS) is 20.4. The first-order valence-electron chi connectivity index (χ1n) is 9.48. The summed E-state index contributed by atoms with van der Waals surface area (Å²) in [4.78, 5) is 2.26. The van der Waals surface area contributed by atoms with Crippen LogP contribution >= 0.6 is 0 Å². The second-order valence-corrected chi connectivity index (χ2v) is 7.04. The topological polar surface area (TPSA) is 33.7 Å². The Balaban J connectivity index is 1.54. The van der Waals surface area contributed by atoms with Gasteiger partial charge in [0.1, 0.15) is 0 Å². The van der Waals surface area contributed by atoms with Crippen molar-refractivity contribution in [3.8, 4) is 11.5 Å². The molecule has 27 heavy (non-hydrogen) atoms. The van der Waals surface area contributed by atoms with Crippen molar-refractivity contribution in [1.29, 1.82) is 0 Å². The Bertz CT molecular complexity index is 753. The number of benzene rings is 2. The van der Waals surface area contributed by atoms with Crippen LogP contribution in [0, 0.1) is 0 Å². The molecule has 1 heterocycles. The third-order valence-electron chi connectivity index (χ3n) is 5.23. The van der Waals surface area contributed by atoms with Crippen LogP contribution in [0.1, 0.15) is 30.9 Å². The molecule has 144 valence electrons. The first-order chi connectivity index (χ1) is 13.2. The van der Waals surface area contributed by atoms with Crippen molar-refractivity contribution in [1.82, 2.24) is 5.32 Å². The number of nitrogens with one attached hydrogen (secondary N) is 1. The monoisotopic (exact) mass is 374 g/mol. The van der Waals surface area contributed by atoms with Crippen LogP contribution < -0.4 is 19.7 Å². The lowest BCUT2D eigenvalue weighted by atomic mass is 9.96. The maximum absolute atomic E-state index is 12.7. The fraction of sp³-hybridized carbons (Fsp3) is 0.429. The number of alkyl halides is 2. The van der Waals surface area contributed by atoms with Crippen molar-refractivity contribution < 1.29 is 18.3 Å². The summed E-state index contributed by atoms with van der Waals surface area (Å²) in [5, 5.41) is 3.54. The summed E-state index contributed by atoms with van der Waals surface area (Å²) in [6, 6.07) is 15.8. The van der Waals surface area contributed by atoms with E-state index < -0.39 is 6.61 Å². The number of hydrogen-bond acceptors (Lipinski definition) is 4. The molecular formula is C21H24F2N2O2. The van der Waals surface area contributed by atoms with Gasteiger partial charge in [0.05, 0.1) is 6.10 Å². The van der Waals surface area contributed by atoms with Gasteiger partial charge in [-0.3, -0.25) is 0 Å². The summed E-state index contributed by atoms with van der Waals surface area (Å²) in [7, 11) is 0. The summed E-state index contributed by atoms with van der Waals surface area (Å²) in [5.41, 5.74) is 2.21. The van der Waals surface area contributed by atoms with E-state index in [-0.39, 0.29) is 17.9 Å². The molecule has 0 radical (unpaired) electrons. The summed E-state index contributed by atoms with van der Waals surface area (Å²) >= 11 is 0. The lowest BCUT2D eigenvalue weighted by Gasteiger charge is -2.36. The molecule has 1 saturated heterocycles. The molecule has 0 aromatic heterocycles. The predicted molar refractivity (Wildman–Crippen MR) is 101 cm³/mol. The average molecular weight is 374 g/mol. The van der Waals surface area contributed by atoms with Crippen LogP contribution in [0.2, 0.25) is 0 Å². The quantitative estimate of drug-likeness (QED) is 0.814. The Morgan fingerprint density at radius 3 is 2.56 bits per heavy atom. The molecule has 1 aliphatic carbocycles. The largest absolute Gasteiger partial charge is 0.486 e. The number of hydrogen-bond donors (Lipinski definition) is 1. The van der Waals surface area contributed by atoms with Gasteiger partial charge in [-0.05, 0) is 37.0 Å². The minimum atomic E-state index is -2.86. The average Bonchev–Trinajstić information content (AvgIpc) is 2.66. The van der Waals surface area contributed by atoms with Crippen molar-refractivity contribution in [2.45, 2.75) is 38.0 Å². The summed E-state index contributed by atoms with van der Waals surface area (Å²) in [6.45, 7) is -0.349. The molecule has 2 aliphatic rings. The van der Waals surface area contributed by atoms with Gasteiger partial charge in [0, 0.05) is 37.4 Å². The van der Waals surface area contributed by atoms with E-state index in [1.165, 1.54) is 5.56 Å². The summed E-state index contributed by atoms with van der Waals surface area (Å²) in [5.74, 6) is 0.516. The maximum Gasteiger partial charge on any atom is 0.387 e. The summed E-state index contributed by atoms with van der Waals surface area (Å²) < 4.78 is 36.0. The Labute approximate surface area is 158 Å². The van der Waals surface area contributed by atoms with E-state index >= 15 is 0 Å². The fourth-order valence-corrected chi connectivity index (χ4v) is 3.54. The van der Waals surface area contributed by atoms with E-state index in [9.17, 15) is 8.78 Å². The van der Waals surface area contributed by atoms with Crippen molar-refractivity contribution in [3.05, 3.63) is 54.1 Å². The van der Waals surface area contributed by atoms with Crippen molar-refractivity contribution in [2.75, 3.05) is 24.5 Å². The fourth-order valence-electron chi connectivity index (χ4n) is 3.54. The molecule has 0 spiro atoms. The standard InChI is InChI=1S/C21H24F2N2O2/c22-21(23)27-19-10-9-16(13-20(19)26-17-7-4-8-17)25-12-11-24-18(14-25)15-5-2-1-3-6-15/h1-3,5-6,9-10,13,17-18,21,24H,4,7-8,11-12,14H2. The van der Waals surface area contributed by atoms with E-state index in [1.54, 1.807) is 6.07 Å². The Hall–Kier alpha value is -2.34. The molecule has 1 unspecified atom stereocenters. The molecule has 2 aromatic carbocycles. The third kappa shape index (κ3) is 4.33. The van der Waals surface area contributed by atoms with E-state index in [0.717, 1.165) is 44.6 Å². The molecule has 0 amide bonds. The molecule has 1 saturated carbocycles. The Kier molecular flexibility index (Phi) is 5.43. The van der Waals surface area contributed by atoms with Crippen LogP contribution in [0.5, 0.6) is 11.5 Å². The van der Waals surface area contributed by atoms with Crippen LogP contribution in [0.4, 0.5) is 14.5 Å². The van der Waals surface area contributed by atoms with Crippen molar-refractivity contribution in [3.63, 3.8) is 0 Å². The molecule has 1 N–H and O–H groups in total.